The van der Waals surface area contributed by atoms with Gasteiger partial charge in [-0.2, -0.15) is 0 Å². The summed E-state index contributed by atoms with van der Waals surface area (Å²) in [5.74, 6) is -0.120. The highest BCUT2D eigenvalue weighted by molar-refractivity contribution is 9.10. The summed E-state index contributed by atoms with van der Waals surface area (Å²) in [5.41, 5.74) is 1.13. The molecule has 2 aliphatic rings. The lowest BCUT2D eigenvalue weighted by atomic mass is 10.1. The lowest BCUT2D eigenvalue weighted by Gasteiger charge is -2.08. The Bertz CT molecular complexity index is 1040. The first-order valence-electron chi connectivity index (χ1n) is 8.83. The van der Waals surface area contributed by atoms with Gasteiger partial charge in [-0.1, -0.05) is 34.1 Å². The van der Waals surface area contributed by atoms with Gasteiger partial charge in [0.05, 0.1) is 6.61 Å². The van der Waals surface area contributed by atoms with E-state index in [0.29, 0.717) is 27.2 Å². The molecule has 0 spiro atoms. The van der Waals surface area contributed by atoms with Gasteiger partial charge in [-0.3, -0.25) is 4.79 Å². The van der Waals surface area contributed by atoms with Crippen molar-refractivity contribution in [2.45, 2.75) is 6.92 Å². The summed E-state index contributed by atoms with van der Waals surface area (Å²) in [4.78, 5) is 25.3. The summed E-state index contributed by atoms with van der Waals surface area (Å²) in [6.45, 7) is 1.95. The molecule has 148 valence electrons. The van der Waals surface area contributed by atoms with Crippen LogP contribution in [0.3, 0.4) is 0 Å². The van der Waals surface area contributed by atoms with Crippen molar-refractivity contribution in [2.24, 2.45) is 0 Å². The molecule has 1 N–H and O–H groups in total. The number of hydrogen-bond acceptors (Lipinski definition) is 7. The van der Waals surface area contributed by atoms with E-state index in [4.69, 9.17) is 18.9 Å². The molecule has 0 radical (unpaired) electrons. The van der Waals surface area contributed by atoms with Crippen LogP contribution < -0.4 is 14.8 Å². The molecule has 0 fully saturated rings. The number of allylic oxidation sites excluding steroid dienone is 1. The largest absolute Gasteiger partial charge is 0.462 e. The van der Waals surface area contributed by atoms with E-state index >= 15 is 0 Å². The zero-order valence-corrected chi connectivity index (χ0v) is 16.9. The van der Waals surface area contributed by atoms with Crippen molar-refractivity contribution in [2.75, 3.05) is 18.7 Å². The van der Waals surface area contributed by atoms with Crippen LogP contribution in [0.2, 0.25) is 0 Å². The fraction of sp³-hybridized carbons (Fsp3) is 0.143. The summed E-state index contributed by atoms with van der Waals surface area (Å²) in [5, 5.41) is 2.97. The van der Waals surface area contributed by atoms with Gasteiger partial charge >= 0.3 is 5.97 Å². The minimum atomic E-state index is -0.746. The molecule has 2 aromatic rings. The first-order chi connectivity index (χ1) is 14.1. The quantitative estimate of drug-likeness (QED) is 0.412. The number of hydrogen-bond donors (Lipinski definition) is 1. The van der Waals surface area contributed by atoms with Gasteiger partial charge in [-0.15, -0.1) is 0 Å². The van der Waals surface area contributed by atoms with Crippen molar-refractivity contribution < 1.29 is 28.5 Å². The molecule has 2 aliphatic heterocycles. The van der Waals surface area contributed by atoms with Crippen molar-refractivity contribution in [3.63, 3.8) is 0 Å². The zero-order valence-electron chi connectivity index (χ0n) is 15.4. The zero-order chi connectivity index (χ0) is 20.4. The number of para-hydroxylation sites is 1. The van der Waals surface area contributed by atoms with Crippen molar-refractivity contribution >= 4 is 39.4 Å². The van der Waals surface area contributed by atoms with Gasteiger partial charge in [-0.25, -0.2) is 4.79 Å². The van der Waals surface area contributed by atoms with Gasteiger partial charge in [0.15, 0.2) is 22.8 Å². The van der Waals surface area contributed by atoms with E-state index in [1.165, 1.54) is 6.08 Å². The highest BCUT2D eigenvalue weighted by Gasteiger charge is 2.37. The van der Waals surface area contributed by atoms with Gasteiger partial charge in [0.25, 0.3) is 0 Å². The average Bonchev–Trinajstić information content (AvgIpc) is 3.27. The first-order valence-corrected chi connectivity index (χ1v) is 9.63. The molecule has 4 rings (SSSR count). The van der Waals surface area contributed by atoms with Gasteiger partial charge in [0.2, 0.25) is 18.5 Å². The molecule has 2 aromatic carbocycles. The Hall–Kier alpha value is -3.26. The number of Topliss-reactive ketones (excluding diaryl/α,β-unsaturated/α-hetero) is 1. The number of rotatable bonds is 5. The van der Waals surface area contributed by atoms with Crippen LogP contribution in [-0.4, -0.2) is 25.2 Å². The third-order valence-corrected chi connectivity index (χ3v) is 4.87. The molecule has 7 nitrogen and oxygen atoms in total. The maximum Gasteiger partial charge on any atom is 0.347 e. The van der Waals surface area contributed by atoms with Crippen LogP contribution in [0.1, 0.15) is 12.5 Å². The molecule has 0 amide bonds. The van der Waals surface area contributed by atoms with E-state index in [0.717, 1.165) is 0 Å². The molecular weight excluding hydrogens is 442 g/mol. The lowest BCUT2D eigenvalue weighted by molar-refractivity contribution is -0.139. The molecule has 0 saturated carbocycles. The summed E-state index contributed by atoms with van der Waals surface area (Å²) in [7, 11) is 0. The highest BCUT2D eigenvalue weighted by atomic mass is 79.9. The van der Waals surface area contributed by atoms with E-state index in [-0.39, 0.29) is 30.6 Å². The maximum absolute atomic E-state index is 12.9. The summed E-state index contributed by atoms with van der Waals surface area (Å²) < 4.78 is 22.2. The Kier molecular flexibility index (Phi) is 5.26. The molecule has 0 aromatic heterocycles. The van der Waals surface area contributed by atoms with Gasteiger partial charge in [0.1, 0.15) is 0 Å². The number of carbonyl (C=O) groups is 2. The van der Waals surface area contributed by atoms with Crippen molar-refractivity contribution in [3.8, 4) is 11.5 Å². The number of benzene rings is 2. The van der Waals surface area contributed by atoms with E-state index < -0.39 is 11.8 Å². The number of ketones is 1. The van der Waals surface area contributed by atoms with Crippen molar-refractivity contribution in [1.29, 1.82) is 0 Å². The molecular formula is C21H16BrNO6. The predicted molar refractivity (Wildman–Crippen MR) is 108 cm³/mol. The summed E-state index contributed by atoms with van der Waals surface area (Å²) >= 11 is 3.45. The minimum absolute atomic E-state index is 0.00829. The smallest absolute Gasteiger partial charge is 0.347 e. The fourth-order valence-electron chi connectivity index (χ4n) is 2.84. The molecule has 0 aliphatic carbocycles. The summed E-state index contributed by atoms with van der Waals surface area (Å²) in [6, 6.07) is 12.6. The molecule has 0 unspecified atom stereocenters. The number of nitrogens with one attached hydrogen (secondary N) is 1. The van der Waals surface area contributed by atoms with Crippen LogP contribution in [0.25, 0.3) is 6.08 Å². The molecule has 2 heterocycles. The van der Waals surface area contributed by atoms with Crippen LogP contribution in [0, 0.1) is 0 Å². The van der Waals surface area contributed by atoms with Gasteiger partial charge in [-0.05, 0) is 42.8 Å². The second-order valence-corrected chi connectivity index (χ2v) is 6.94. The molecule has 0 atom stereocenters. The monoisotopic (exact) mass is 457 g/mol. The molecule has 29 heavy (non-hydrogen) atoms. The predicted octanol–water partition coefficient (Wildman–Crippen LogP) is 4.00. The number of esters is 1. The Morgan fingerprint density at radius 1 is 1.21 bits per heavy atom. The van der Waals surface area contributed by atoms with Crippen LogP contribution in [-0.2, 0) is 19.1 Å². The van der Waals surface area contributed by atoms with Crippen LogP contribution in [0.15, 0.2) is 64.2 Å². The molecule has 0 bridgehead atoms. The van der Waals surface area contributed by atoms with Gasteiger partial charge in [0, 0.05) is 10.2 Å². The maximum atomic E-state index is 12.9. The second kappa shape index (κ2) is 8.00. The normalized spacial score (nSPS) is 16.2. The Morgan fingerprint density at radius 2 is 1.93 bits per heavy atom. The third-order valence-electron chi connectivity index (χ3n) is 4.18. The van der Waals surface area contributed by atoms with Crippen molar-refractivity contribution in [3.05, 3.63) is 69.7 Å². The fourth-order valence-corrected chi connectivity index (χ4v) is 3.28. The molecule has 0 saturated heterocycles. The van der Waals surface area contributed by atoms with E-state index in [2.05, 4.69) is 21.2 Å². The summed E-state index contributed by atoms with van der Waals surface area (Å²) in [6.07, 6.45) is 1.53. The van der Waals surface area contributed by atoms with Gasteiger partial charge < -0.3 is 24.3 Å². The third kappa shape index (κ3) is 3.84. The average molecular weight is 458 g/mol. The minimum Gasteiger partial charge on any atom is -0.462 e. The highest BCUT2D eigenvalue weighted by Crippen LogP contribution is 2.38. The standard InChI is InChI=1S/C21H16BrNO6/c1-2-26-21(25)18-19(24)17(29-20(18)23-13-6-4-3-5-7-13)9-12-8-15-16(10-14(12)22)28-11-27-15/h3-10,23H,2,11H2,1H3/b17-9-. The van der Waals surface area contributed by atoms with Crippen LogP contribution in [0.4, 0.5) is 5.69 Å². The Labute approximate surface area is 175 Å². The van der Waals surface area contributed by atoms with E-state index in [1.807, 2.05) is 18.2 Å². The number of fused-ring (bicyclic) bond motifs is 1. The number of carbonyl (C=O) groups excluding carboxylic acids is 2. The van der Waals surface area contributed by atoms with E-state index in [1.54, 1.807) is 31.2 Å². The second-order valence-electron chi connectivity index (χ2n) is 6.08. The lowest BCUT2D eigenvalue weighted by Crippen LogP contribution is -2.16. The Balaban J connectivity index is 1.68. The number of halogens is 1. The Morgan fingerprint density at radius 3 is 2.66 bits per heavy atom. The SMILES string of the molecule is CCOC(=O)C1=C(Nc2ccccc2)O/C(=C\c2cc3c(cc2Br)OCO3)C1=O. The first kappa shape index (κ1) is 19.1. The number of ether oxygens (including phenoxy) is 4. The van der Waals surface area contributed by atoms with Crippen LogP contribution >= 0.6 is 15.9 Å². The topological polar surface area (TPSA) is 83.1 Å². The van der Waals surface area contributed by atoms with E-state index in [9.17, 15) is 9.59 Å². The van der Waals surface area contributed by atoms with Crippen molar-refractivity contribution in [1.82, 2.24) is 0 Å². The molecule has 8 heteroatoms. The number of anilines is 1. The van der Waals surface area contributed by atoms with Crippen LogP contribution in [0.5, 0.6) is 11.5 Å².